The number of methoxy groups -OCH3 is 3. The molecule has 0 saturated carbocycles. The average Bonchev–Trinajstić information content (AvgIpc) is 2.71. The van der Waals surface area contributed by atoms with Crippen molar-refractivity contribution in [3.05, 3.63) is 17.7 Å². The highest BCUT2D eigenvalue weighted by atomic mass is 16.5. The van der Waals surface area contributed by atoms with Crippen molar-refractivity contribution in [3.63, 3.8) is 0 Å². The number of urea groups is 1. The fourth-order valence-corrected chi connectivity index (χ4v) is 2.12. The summed E-state index contributed by atoms with van der Waals surface area (Å²) in [4.78, 5) is 23.3. The number of hydrogen-bond acceptors (Lipinski definition) is 5. The second-order valence-electron chi connectivity index (χ2n) is 4.45. The third kappa shape index (κ3) is 2.01. The molecule has 0 aliphatic carbocycles. The Kier molecular flexibility index (Phi) is 3.44. The van der Waals surface area contributed by atoms with Gasteiger partial charge in [0.2, 0.25) is 5.75 Å². The number of imide groups is 1. The van der Waals surface area contributed by atoms with E-state index in [1.54, 1.807) is 19.1 Å². The van der Waals surface area contributed by atoms with Crippen molar-refractivity contribution < 1.29 is 23.8 Å². The molecule has 0 bridgehead atoms. The maximum atomic E-state index is 12.0. The maximum absolute atomic E-state index is 12.0. The number of rotatable bonds is 4. The van der Waals surface area contributed by atoms with Crippen LogP contribution >= 0.6 is 0 Å². The van der Waals surface area contributed by atoms with Gasteiger partial charge in [-0.05, 0) is 24.6 Å². The van der Waals surface area contributed by atoms with E-state index >= 15 is 0 Å². The quantitative estimate of drug-likeness (QED) is 0.795. The molecule has 0 radical (unpaired) electrons. The van der Waals surface area contributed by atoms with Crippen molar-refractivity contribution >= 4 is 11.9 Å². The van der Waals surface area contributed by atoms with Crippen molar-refractivity contribution in [2.75, 3.05) is 21.3 Å². The fraction of sp³-hybridized carbons (Fsp3) is 0.385. The lowest BCUT2D eigenvalue weighted by molar-refractivity contribution is -0.123. The van der Waals surface area contributed by atoms with Crippen LogP contribution in [0.25, 0.3) is 0 Å². The lowest BCUT2D eigenvalue weighted by atomic mass is 9.91. The van der Waals surface area contributed by atoms with E-state index in [1.807, 2.05) is 0 Å². The number of carbonyl (C=O) groups is 2. The van der Waals surface area contributed by atoms with Gasteiger partial charge in [-0.3, -0.25) is 10.1 Å². The van der Waals surface area contributed by atoms with Crippen LogP contribution in [0.5, 0.6) is 17.2 Å². The molecule has 1 aromatic carbocycles. The lowest BCUT2D eigenvalue weighted by Gasteiger charge is -2.23. The molecular weight excluding hydrogens is 264 g/mol. The Labute approximate surface area is 116 Å². The summed E-state index contributed by atoms with van der Waals surface area (Å²) in [5, 5.41) is 4.79. The Morgan fingerprint density at radius 2 is 1.55 bits per heavy atom. The number of ether oxygens (including phenoxy) is 3. The third-order valence-corrected chi connectivity index (χ3v) is 3.29. The van der Waals surface area contributed by atoms with E-state index < -0.39 is 17.5 Å². The van der Waals surface area contributed by atoms with Gasteiger partial charge in [-0.2, -0.15) is 0 Å². The molecule has 108 valence electrons. The van der Waals surface area contributed by atoms with E-state index in [9.17, 15) is 9.59 Å². The lowest BCUT2D eigenvalue weighted by Crippen LogP contribution is -2.40. The van der Waals surface area contributed by atoms with E-state index in [0.29, 0.717) is 22.8 Å². The third-order valence-electron chi connectivity index (χ3n) is 3.29. The van der Waals surface area contributed by atoms with E-state index in [2.05, 4.69) is 10.6 Å². The molecule has 20 heavy (non-hydrogen) atoms. The number of nitrogens with one attached hydrogen (secondary N) is 2. The van der Waals surface area contributed by atoms with Gasteiger partial charge in [0, 0.05) is 0 Å². The van der Waals surface area contributed by atoms with Crippen molar-refractivity contribution in [2.24, 2.45) is 0 Å². The summed E-state index contributed by atoms with van der Waals surface area (Å²) < 4.78 is 15.7. The van der Waals surface area contributed by atoms with Crippen LogP contribution in [-0.2, 0) is 10.3 Å². The molecule has 0 aromatic heterocycles. The fourth-order valence-electron chi connectivity index (χ4n) is 2.12. The molecular formula is C13H16N2O5. The van der Waals surface area contributed by atoms with Crippen LogP contribution in [0.15, 0.2) is 12.1 Å². The van der Waals surface area contributed by atoms with Gasteiger partial charge in [-0.1, -0.05) is 0 Å². The standard InChI is InChI=1S/C13H16N2O5/c1-13(11(16)14-12(17)15-13)7-5-8(18-2)10(20-4)9(6-7)19-3/h5-6H,1-4H3,(H2,14,15,16,17)/t13-/m1/s1. The van der Waals surface area contributed by atoms with E-state index in [4.69, 9.17) is 14.2 Å². The Morgan fingerprint density at radius 1 is 1.00 bits per heavy atom. The molecule has 1 heterocycles. The maximum Gasteiger partial charge on any atom is 0.322 e. The Hall–Kier alpha value is -2.44. The van der Waals surface area contributed by atoms with Gasteiger partial charge in [0.05, 0.1) is 21.3 Å². The van der Waals surface area contributed by atoms with E-state index in [-0.39, 0.29) is 0 Å². The average molecular weight is 280 g/mol. The van der Waals surface area contributed by atoms with Crippen LogP contribution < -0.4 is 24.8 Å². The molecule has 1 aliphatic rings. The zero-order chi connectivity index (χ0) is 14.9. The van der Waals surface area contributed by atoms with Gasteiger partial charge in [0.25, 0.3) is 5.91 Å². The summed E-state index contributed by atoms with van der Waals surface area (Å²) in [5.41, 5.74) is -0.639. The summed E-state index contributed by atoms with van der Waals surface area (Å²) in [5.74, 6) is 0.818. The number of hydrogen-bond donors (Lipinski definition) is 2. The highest BCUT2D eigenvalue weighted by molar-refractivity contribution is 6.07. The van der Waals surface area contributed by atoms with Crippen LogP contribution in [0.2, 0.25) is 0 Å². The summed E-state index contributed by atoms with van der Waals surface area (Å²) in [6.45, 7) is 1.61. The first-order valence-electron chi connectivity index (χ1n) is 5.90. The van der Waals surface area contributed by atoms with Crippen LogP contribution in [0.3, 0.4) is 0 Å². The molecule has 1 atom stereocenters. The van der Waals surface area contributed by atoms with Gasteiger partial charge in [-0.15, -0.1) is 0 Å². The molecule has 3 amide bonds. The highest BCUT2D eigenvalue weighted by Crippen LogP contribution is 2.41. The van der Waals surface area contributed by atoms with Crippen molar-refractivity contribution in [3.8, 4) is 17.2 Å². The van der Waals surface area contributed by atoms with Gasteiger partial charge in [0.1, 0.15) is 5.54 Å². The Balaban J connectivity index is 2.58. The monoisotopic (exact) mass is 280 g/mol. The predicted molar refractivity (Wildman–Crippen MR) is 70.1 cm³/mol. The summed E-state index contributed by atoms with van der Waals surface area (Å²) in [6, 6.07) is 2.73. The summed E-state index contributed by atoms with van der Waals surface area (Å²) in [7, 11) is 4.46. The first-order chi connectivity index (χ1) is 9.46. The molecule has 7 nitrogen and oxygen atoms in total. The topological polar surface area (TPSA) is 85.9 Å². The molecule has 1 aromatic rings. The molecule has 2 rings (SSSR count). The van der Waals surface area contributed by atoms with Gasteiger partial charge < -0.3 is 19.5 Å². The van der Waals surface area contributed by atoms with Crippen molar-refractivity contribution in [1.82, 2.24) is 10.6 Å². The zero-order valence-electron chi connectivity index (χ0n) is 11.7. The molecule has 1 saturated heterocycles. The minimum absolute atomic E-state index is 0.414. The smallest absolute Gasteiger partial charge is 0.322 e. The summed E-state index contributed by atoms with van der Waals surface area (Å²) >= 11 is 0. The van der Waals surface area contributed by atoms with Crippen molar-refractivity contribution in [1.29, 1.82) is 0 Å². The van der Waals surface area contributed by atoms with Crippen LogP contribution in [-0.4, -0.2) is 33.3 Å². The summed E-state index contributed by atoms with van der Waals surface area (Å²) in [6.07, 6.45) is 0. The minimum atomic E-state index is -1.18. The molecule has 1 aliphatic heterocycles. The first-order valence-corrected chi connectivity index (χ1v) is 5.90. The number of amides is 3. The zero-order valence-corrected chi connectivity index (χ0v) is 11.7. The second-order valence-corrected chi connectivity index (χ2v) is 4.45. The second kappa shape index (κ2) is 4.92. The number of carbonyl (C=O) groups excluding carboxylic acids is 2. The number of benzene rings is 1. The van der Waals surface area contributed by atoms with Crippen molar-refractivity contribution in [2.45, 2.75) is 12.5 Å². The molecule has 0 unspecified atom stereocenters. The normalized spacial score (nSPS) is 21.2. The van der Waals surface area contributed by atoms with Gasteiger partial charge in [-0.25, -0.2) is 4.79 Å². The highest BCUT2D eigenvalue weighted by Gasteiger charge is 2.44. The first kappa shape index (κ1) is 14.0. The SMILES string of the molecule is COc1cc([C@@]2(C)NC(=O)NC2=O)cc(OC)c1OC. The van der Waals surface area contributed by atoms with Crippen LogP contribution in [0.4, 0.5) is 4.79 Å². The van der Waals surface area contributed by atoms with E-state index in [1.165, 1.54) is 21.3 Å². The molecule has 2 N–H and O–H groups in total. The minimum Gasteiger partial charge on any atom is -0.493 e. The predicted octanol–water partition coefficient (Wildman–Crippen LogP) is 0.767. The Bertz CT molecular complexity index is 547. The van der Waals surface area contributed by atoms with Crippen LogP contribution in [0.1, 0.15) is 12.5 Å². The van der Waals surface area contributed by atoms with Gasteiger partial charge in [0.15, 0.2) is 11.5 Å². The van der Waals surface area contributed by atoms with Crippen LogP contribution in [0, 0.1) is 0 Å². The molecule has 0 spiro atoms. The molecule has 7 heteroatoms. The molecule has 1 fully saturated rings. The van der Waals surface area contributed by atoms with Gasteiger partial charge >= 0.3 is 6.03 Å². The largest absolute Gasteiger partial charge is 0.493 e. The van der Waals surface area contributed by atoms with E-state index in [0.717, 1.165) is 0 Å². The Morgan fingerprint density at radius 3 is 1.90 bits per heavy atom.